The van der Waals surface area contributed by atoms with Crippen LogP contribution in [0.1, 0.15) is 301 Å². The maximum absolute atomic E-state index is 11.7. The van der Waals surface area contributed by atoms with Crippen molar-refractivity contribution < 1.29 is 57.2 Å². The quantitative estimate of drug-likeness (QED) is 0.104. The molecule has 0 aromatic carbocycles. The molecule has 12 heteroatoms. The Balaban J connectivity index is -0.000000188. The molecule has 0 N–H and O–H groups in total. The zero-order chi connectivity index (χ0) is 51.7. The van der Waals surface area contributed by atoms with Crippen LogP contribution in [0.2, 0.25) is 0 Å². The van der Waals surface area contributed by atoms with Gasteiger partial charge in [-0.05, 0) is 160 Å². The first-order valence-corrected chi connectivity index (χ1v) is 27.9. The van der Waals surface area contributed by atoms with Crippen LogP contribution in [0.15, 0.2) is 0 Å². The molecule has 0 aliphatic heterocycles. The second-order valence-corrected chi connectivity index (χ2v) is 21.9. The first kappa shape index (κ1) is 83.1. The highest BCUT2D eigenvalue weighted by atomic mass is 16.6. The molecule has 0 bridgehead atoms. The van der Waals surface area contributed by atoms with Crippen molar-refractivity contribution >= 4 is 35.8 Å². The van der Waals surface area contributed by atoms with Crippen LogP contribution in [0.25, 0.3) is 0 Å². The van der Waals surface area contributed by atoms with Crippen LogP contribution in [-0.4, -0.2) is 72.4 Å². The summed E-state index contributed by atoms with van der Waals surface area (Å²) in [6.07, 6.45) is 31.1. The molecule has 12 nitrogen and oxygen atoms in total. The molecule has 0 saturated heterocycles. The summed E-state index contributed by atoms with van der Waals surface area (Å²) in [5.41, 5.74) is 0. The lowest BCUT2D eigenvalue weighted by Crippen LogP contribution is -2.26. The van der Waals surface area contributed by atoms with Crippen LogP contribution in [0.5, 0.6) is 0 Å². The maximum Gasteiger partial charge on any atom is 0.309 e. The van der Waals surface area contributed by atoms with Crippen LogP contribution in [-0.2, 0) is 57.2 Å². The van der Waals surface area contributed by atoms with Gasteiger partial charge in [0.05, 0.1) is 72.1 Å². The lowest BCUT2D eigenvalue weighted by Gasteiger charge is -2.24. The SMILES string of the molecule is C.C.C.C.C.C.CC(C)OC(=O)C1CC1.CC(C)OC(=O)C1CCC1.CC(C)OC(=O)C1CCCC1.CC(C)OC(=O)C1CCCCC1.CC(C)OC(=O)C1CCCCCC1.CC(C)OC(=O)C1CCCCCCC1. The zero-order valence-corrected chi connectivity index (χ0v) is 45.9. The Kier molecular flexibility index (Phi) is 54.5. The molecular weight excluding hydrogens is 949 g/mol. The molecule has 6 aliphatic carbocycles. The number of carbonyl (C=O) groups is 6. The molecule has 6 aliphatic rings. The topological polar surface area (TPSA) is 158 Å². The van der Waals surface area contributed by atoms with Crippen LogP contribution >= 0.6 is 0 Å². The Bertz CT molecular complexity index is 1390. The molecule has 0 unspecified atom stereocenters. The van der Waals surface area contributed by atoms with E-state index in [2.05, 4.69) is 0 Å². The molecular formula is C63H126O12. The lowest BCUT2D eigenvalue weighted by molar-refractivity contribution is -0.155. The molecule has 0 atom stereocenters. The fourth-order valence-corrected chi connectivity index (χ4v) is 8.64. The van der Waals surface area contributed by atoms with E-state index in [1.54, 1.807) is 0 Å². The largest absolute Gasteiger partial charge is 0.463 e. The third-order valence-corrected chi connectivity index (χ3v) is 12.7. The predicted octanol–water partition coefficient (Wildman–Crippen LogP) is 17.8. The van der Waals surface area contributed by atoms with E-state index < -0.39 is 0 Å². The third-order valence-electron chi connectivity index (χ3n) is 12.7. The number of carbonyl (C=O) groups excluding carboxylic acids is 6. The van der Waals surface area contributed by atoms with Gasteiger partial charge in [0, 0.05) is 0 Å². The van der Waals surface area contributed by atoms with E-state index in [0.29, 0.717) is 0 Å². The molecule has 0 amide bonds. The van der Waals surface area contributed by atoms with Crippen molar-refractivity contribution in [3.05, 3.63) is 0 Å². The minimum atomic E-state index is -0.00926. The van der Waals surface area contributed by atoms with Gasteiger partial charge in [-0.1, -0.05) is 141 Å². The highest BCUT2D eigenvalue weighted by Gasteiger charge is 2.32. The van der Waals surface area contributed by atoms with E-state index >= 15 is 0 Å². The number of hydrogen-bond acceptors (Lipinski definition) is 12. The van der Waals surface area contributed by atoms with Gasteiger partial charge >= 0.3 is 35.8 Å². The first-order valence-electron chi connectivity index (χ1n) is 27.9. The Morgan fingerprint density at radius 3 is 0.467 bits per heavy atom. The molecule has 0 aromatic rings. The summed E-state index contributed by atoms with van der Waals surface area (Å²) in [4.78, 5) is 67.6. The number of esters is 6. The minimum absolute atomic E-state index is 0. The van der Waals surface area contributed by atoms with Crippen molar-refractivity contribution in [3.63, 3.8) is 0 Å². The average Bonchev–Trinajstić information content (AvgIpc) is 4.00. The maximum atomic E-state index is 11.7. The molecule has 6 rings (SSSR count). The summed E-state index contributed by atoms with van der Waals surface area (Å²) in [6.45, 7) is 22.8. The standard InChI is InChI=1S/C12H22O2.C11H20O2.C10H18O2.C9H16O2.C8H14O2.C7H12O2.6CH4/c1-10(2)14-12(13)11-8-6-4-3-5-7-9-11;1-9(2)13-11(12)10-7-5-3-4-6-8-10;1-8(2)12-10(11)9-6-4-3-5-7-9;1-7(2)11-9(10)8-5-3-4-6-8;1-6(2)10-8(9)7-4-3-5-7;1-5(2)9-7(8)6-3-4-6;;;;;;/h10-11H,3-9H2,1-2H3;9-10H,3-8H2,1-2H3;8-9H,3-7H2,1-2H3;7-8H,3-6H2,1-2H3;6-7H,3-5H2,1-2H3;5-6H,3-4H2,1-2H3;6*1H4. The Labute approximate surface area is 464 Å². The van der Waals surface area contributed by atoms with E-state index in [1.807, 2.05) is 83.1 Å². The minimum Gasteiger partial charge on any atom is -0.463 e. The summed E-state index contributed by atoms with van der Waals surface area (Å²) in [5.74, 6) is 1.31. The van der Waals surface area contributed by atoms with Gasteiger partial charge in [0.2, 0.25) is 0 Å². The Morgan fingerprint density at radius 2 is 0.333 bits per heavy atom. The summed E-state index contributed by atoms with van der Waals surface area (Å²) < 4.78 is 30.6. The lowest BCUT2D eigenvalue weighted by atomic mass is 9.86. The fourth-order valence-electron chi connectivity index (χ4n) is 8.64. The molecule has 0 radical (unpaired) electrons. The van der Waals surface area contributed by atoms with Crippen molar-refractivity contribution in [2.45, 2.75) is 338 Å². The monoisotopic (exact) mass is 1070 g/mol. The third kappa shape index (κ3) is 43.5. The molecule has 0 spiro atoms. The van der Waals surface area contributed by atoms with Crippen LogP contribution in [0.3, 0.4) is 0 Å². The van der Waals surface area contributed by atoms with Crippen LogP contribution in [0.4, 0.5) is 0 Å². The van der Waals surface area contributed by atoms with Gasteiger partial charge in [-0.2, -0.15) is 0 Å². The van der Waals surface area contributed by atoms with Crippen molar-refractivity contribution in [1.29, 1.82) is 0 Å². The highest BCUT2D eigenvalue weighted by Crippen LogP contribution is 2.31. The highest BCUT2D eigenvalue weighted by molar-refractivity contribution is 5.75. The second kappa shape index (κ2) is 49.1. The van der Waals surface area contributed by atoms with E-state index in [-0.39, 0.29) is 153 Å². The average molecular weight is 1080 g/mol. The first-order chi connectivity index (χ1) is 32.7. The molecule has 75 heavy (non-hydrogen) atoms. The van der Waals surface area contributed by atoms with Crippen molar-refractivity contribution in [2.24, 2.45) is 35.5 Å². The molecule has 6 fully saturated rings. The van der Waals surface area contributed by atoms with Gasteiger partial charge in [-0.25, -0.2) is 0 Å². The summed E-state index contributed by atoms with van der Waals surface area (Å²) in [5, 5.41) is 0. The van der Waals surface area contributed by atoms with Crippen molar-refractivity contribution in [1.82, 2.24) is 0 Å². The Hall–Kier alpha value is -3.18. The smallest absolute Gasteiger partial charge is 0.309 e. The van der Waals surface area contributed by atoms with Gasteiger partial charge in [-0.15, -0.1) is 0 Å². The van der Waals surface area contributed by atoms with Crippen molar-refractivity contribution in [3.8, 4) is 0 Å². The van der Waals surface area contributed by atoms with Gasteiger partial charge in [0.15, 0.2) is 0 Å². The number of ether oxygens (including phenoxy) is 6. The zero-order valence-electron chi connectivity index (χ0n) is 45.9. The normalized spacial score (nSPS) is 17.8. The number of rotatable bonds is 12. The summed E-state index contributed by atoms with van der Waals surface area (Å²) in [6, 6.07) is 0. The van der Waals surface area contributed by atoms with E-state index in [4.69, 9.17) is 28.4 Å². The number of hydrogen-bond donors (Lipinski definition) is 0. The van der Waals surface area contributed by atoms with Crippen LogP contribution in [0, 0.1) is 35.5 Å². The van der Waals surface area contributed by atoms with E-state index in [0.717, 1.165) is 77.0 Å². The van der Waals surface area contributed by atoms with Gasteiger partial charge in [0.25, 0.3) is 0 Å². The Morgan fingerprint density at radius 1 is 0.213 bits per heavy atom. The van der Waals surface area contributed by atoms with Gasteiger partial charge < -0.3 is 28.4 Å². The molecule has 450 valence electrons. The molecule has 6 saturated carbocycles. The fraction of sp³-hybridized carbons (Fsp3) is 0.905. The second-order valence-electron chi connectivity index (χ2n) is 21.9. The molecule has 0 heterocycles. The van der Waals surface area contributed by atoms with E-state index in [9.17, 15) is 28.8 Å². The van der Waals surface area contributed by atoms with Gasteiger partial charge in [-0.3, -0.25) is 28.8 Å². The predicted molar refractivity (Wildman–Crippen MR) is 313 cm³/mol. The summed E-state index contributed by atoms with van der Waals surface area (Å²) in [7, 11) is 0. The van der Waals surface area contributed by atoms with Crippen molar-refractivity contribution in [2.75, 3.05) is 0 Å². The summed E-state index contributed by atoms with van der Waals surface area (Å²) >= 11 is 0. The molecule has 0 aromatic heterocycles. The van der Waals surface area contributed by atoms with Crippen LogP contribution < -0.4 is 0 Å². The van der Waals surface area contributed by atoms with E-state index in [1.165, 1.54) is 96.3 Å². The van der Waals surface area contributed by atoms with Gasteiger partial charge in [0.1, 0.15) is 0 Å².